The number of rotatable bonds is 3. The summed E-state index contributed by atoms with van der Waals surface area (Å²) in [6.07, 6.45) is 3.81. The Balaban J connectivity index is 1.27. The van der Waals surface area contributed by atoms with Crippen molar-refractivity contribution >= 4 is 6.03 Å². The SMILES string of the molecule is O=C(NC(c1ccccc1)c1ccccc1)N1CCC2(CCc3ccccc3O2)CC1. The lowest BCUT2D eigenvalue weighted by Gasteiger charge is -2.44. The number of amides is 2. The lowest BCUT2D eigenvalue weighted by Crippen LogP contribution is -2.53. The third-order valence-electron chi connectivity index (χ3n) is 6.64. The van der Waals surface area contributed by atoms with Crippen LogP contribution in [0.25, 0.3) is 0 Å². The summed E-state index contributed by atoms with van der Waals surface area (Å²) in [5, 5.41) is 3.27. The van der Waals surface area contributed by atoms with Crippen LogP contribution in [-0.4, -0.2) is 29.6 Å². The molecular formula is C27H28N2O2. The topological polar surface area (TPSA) is 41.6 Å². The van der Waals surface area contributed by atoms with Gasteiger partial charge >= 0.3 is 6.03 Å². The summed E-state index contributed by atoms with van der Waals surface area (Å²) in [6, 6.07) is 28.5. The Labute approximate surface area is 183 Å². The van der Waals surface area contributed by atoms with Gasteiger partial charge in [0.05, 0.1) is 6.04 Å². The van der Waals surface area contributed by atoms with Gasteiger partial charge in [-0.1, -0.05) is 78.9 Å². The fourth-order valence-corrected chi connectivity index (χ4v) is 4.79. The first kappa shape index (κ1) is 19.7. The molecule has 5 rings (SSSR count). The molecule has 0 radical (unpaired) electrons. The normalized spacial score (nSPS) is 17.1. The molecule has 158 valence electrons. The molecule has 0 aromatic heterocycles. The number of hydrogen-bond acceptors (Lipinski definition) is 2. The van der Waals surface area contributed by atoms with E-state index in [9.17, 15) is 4.79 Å². The van der Waals surface area contributed by atoms with Crippen LogP contribution in [0.5, 0.6) is 5.75 Å². The highest BCUT2D eigenvalue weighted by atomic mass is 16.5. The van der Waals surface area contributed by atoms with Crippen molar-refractivity contribution in [3.8, 4) is 5.75 Å². The van der Waals surface area contributed by atoms with E-state index < -0.39 is 0 Å². The number of nitrogens with zero attached hydrogens (tertiary/aromatic N) is 1. The largest absolute Gasteiger partial charge is 0.487 e. The molecule has 0 saturated carbocycles. The number of para-hydroxylation sites is 1. The van der Waals surface area contributed by atoms with E-state index in [2.05, 4.69) is 47.8 Å². The minimum atomic E-state index is -0.163. The molecule has 3 aromatic carbocycles. The summed E-state index contributed by atoms with van der Waals surface area (Å²) in [6.45, 7) is 1.43. The molecular weight excluding hydrogens is 384 g/mol. The number of fused-ring (bicyclic) bond motifs is 1. The molecule has 0 bridgehead atoms. The number of aryl methyl sites for hydroxylation is 1. The van der Waals surface area contributed by atoms with Gasteiger partial charge in [-0.2, -0.15) is 0 Å². The van der Waals surface area contributed by atoms with E-state index in [-0.39, 0.29) is 17.7 Å². The third-order valence-corrected chi connectivity index (χ3v) is 6.64. The zero-order chi connectivity index (χ0) is 21.1. The summed E-state index contributed by atoms with van der Waals surface area (Å²) in [5.41, 5.74) is 3.33. The number of urea groups is 1. The molecule has 31 heavy (non-hydrogen) atoms. The molecule has 2 aliphatic rings. The van der Waals surface area contributed by atoms with Gasteiger partial charge in [0.2, 0.25) is 0 Å². The molecule has 0 atom stereocenters. The second-order valence-electron chi connectivity index (χ2n) is 8.58. The van der Waals surface area contributed by atoms with Crippen molar-refractivity contribution in [2.45, 2.75) is 37.3 Å². The lowest BCUT2D eigenvalue weighted by atomic mass is 9.83. The first-order valence-corrected chi connectivity index (χ1v) is 11.1. The number of hydrogen-bond donors (Lipinski definition) is 1. The zero-order valence-electron chi connectivity index (χ0n) is 17.7. The van der Waals surface area contributed by atoms with Crippen molar-refractivity contribution < 1.29 is 9.53 Å². The van der Waals surface area contributed by atoms with Gasteiger partial charge in [0.15, 0.2) is 0 Å². The molecule has 1 N–H and O–H groups in total. The number of carbonyl (C=O) groups excluding carboxylic acids is 1. The van der Waals surface area contributed by atoms with E-state index in [0.29, 0.717) is 13.1 Å². The Kier molecular flexibility index (Phi) is 5.37. The number of likely N-dealkylation sites (tertiary alicyclic amines) is 1. The smallest absolute Gasteiger partial charge is 0.318 e. The number of ether oxygens (including phenoxy) is 1. The van der Waals surface area contributed by atoms with E-state index in [1.807, 2.05) is 47.4 Å². The van der Waals surface area contributed by atoms with Crippen LogP contribution in [0.4, 0.5) is 4.79 Å². The van der Waals surface area contributed by atoms with Crippen molar-refractivity contribution in [2.75, 3.05) is 13.1 Å². The number of nitrogens with one attached hydrogen (secondary N) is 1. The molecule has 2 aliphatic heterocycles. The maximum Gasteiger partial charge on any atom is 0.318 e. The van der Waals surface area contributed by atoms with Gasteiger partial charge in [-0.25, -0.2) is 4.79 Å². The third kappa shape index (κ3) is 4.15. The Morgan fingerprint density at radius 3 is 2.03 bits per heavy atom. The minimum Gasteiger partial charge on any atom is -0.487 e. The van der Waals surface area contributed by atoms with Crippen LogP contribution in [-0.2, 0) is 6.42 Å². The predicted octanol–water partition coefficient (Wildman–Crippen LogP) is 5.35. The molecule has 3 aromatic rings. The van der Waals surface area contributed by atoms with Crippen LogP contribution >= 0.6 is 0 Å². The average Bonchev–Trinajstić information content (AvgIpc) is 2.84. The Morgan fingerprint density at radius 2 is 1.39 bits per heavy atom. The Morgan fingerprint density at radius 1 is 0.806 bits per heavy atom. The van der Waals surface area contributed by atoms with E-state index >= 15 is 0 Å². The van der Waals surface area contributed by atoms with Crippen LogP contribution in [0.15, 0.2) is 84.9 Å². The van der Waals surface area contributed by atoms with Crippen molar-refractivity contribution in [3.05, 3.63) is 102 Å². The van der Waals surface area contributed by atoms with Gasteiger partial charge in [0.25, 0.3) is 0 Å². The van der Waals surface area contributed by atoms with Crippen LogP contribution in [0, 0.1) is 0 Å². The Hall–Kier alpha value is -3.27. The van der Waals surface area contributed by atoms with Gasteiger partial charge in [-0.05, 0) is 35.6 Å². The quantitative estimate of drug-likeness (QED) is 0.630. The highest BCUT2D eigenvalue weighted by Gasteiger charge is 2.40. The molecule has 1 spiro atoms. The van der Waals surface area contributed by atoms with E-state index in [4.69, 9.17) is 4.74 Å². The predicted molar refractivity (Wildman–Crippen MR) is 122 cm³/mol. The number of carbonyl (C=O) groups is 1. The first-order valence-electron chi connectivity index (χ1n) is 11.1. The van der Waals surface area contributed by atoms with Gasteiger partial charge in [0, 0.05) is 25.9 Å². The van der Waals surface area contributed by atoms with E-state index in [1.165, 1.54) is 5.56 Å². The first-order chi connectivity index (χ1) is 15.2. The molecule has 1 saturated heterocycles. The van der Waals surface area contributed by atoms with Gasteiger partial charge in [0.1, 0.15) is 11.4 Å². The van der Waals surface area contributed by atoms with Crippen molar-refractivity contribution in [1.82, 2.24) is 10.2 Å². The molecule has 4 heteroatoms. The second-order valence-corrected chi connectivity index (χ2v) is 8.58. The van der Waals surface area contributed by atoms with E-state index in [0.717, 1.165) is 42.6 Å². The minimum absolute atomic E-state index is 0.0104. The summed E-state index contributed by atoms with van der Waals surface area (Å²) in [7, 11) is 0. The zero-order valence-corrected chi connectivity index (χ0v) is 17.7. The summed E-state index contributed by atoms with van der Waals surface area (Å²) < 4.78 is 6.45. The Bertz CT molecular complexity index is 988. The number of piperidine rings is 1. The van der Waals surface area contributed by atoms with Crippen molar-refractivity contribution in [3.63, 3.8) is 0 Å². The fourth-order valence-electron chi connectivity index (χ4n) is 4.79. The molecule has 0 aliphatic carbocycles. The van der Waals surface area contributed by atoms with Crippen LogP contribution in [0.3, 0.4) is 0 Å². The molecule has 0 unspecified atom stereocenters. The highest BCUT2D eigenvalue weighted by molar-refractivity contribution is 5.75. The molecule has 4 nitrogen and oxygen atoms in total. The summed E-state index contributed by atoms with van der Waals surface area (Å²) in [4.78, 5) is 15.1. The highest BCUT2D eigenvalue weighted by Crippen LogP contribution is 2.39. The monoisotopic (exact) mass is 412 g/mol. The standard InChI is InChI=1S/C27H28N2O2/c30-26(28-25(22-10-3-1-4-11-22)23-12-5-2-6-13-23)29-19-17-27(18-20-29)16-15-21-9-7-8-14-24(21)31-27/h1-14,25H,15-20H2,(H,28,30). The maximum absolute atomic E-state index is 13.2. The molecule has 2 heterocycles. The van der Waals surface area contributed by atoms with Crippen LogP contribution < -0.4 is 10.1 Å². The van der Waals surface area contributed by atoms with Gasteiger partial charge in [-0.3, -0.25) is 0 Å². The van der Waals surface area contributed by atoms with E-state index in [1.54, 1.807) is 0 Å². The maximum atomic E-state index is 13.2. The van der Waals surface area contributed by atoms with Crippen LogP contribution in [0.1, 0.15) is 42.0 Å². The lowest BCUT2D eigenvalue weighted by molar-refractivity contribution is -0.00564. The van der Waals surface area contributed by atoms with Crippen molar-refractivity contribution in [1.29, 1.82) is 0 Å². The van der Waals surface area contributed by atoms with Gasteiger partial charge in [-0.15, -0.1) is 0 Å². The fraction of sp³-hybridized carbons (Fsp3) is 0.296. The van der Waals surface area contributed by atoms with Gasteiger partial charge < -0.3 is 15.0 Å². The van der Waals surface area contributed by atoms with Crippen molar-refractivity contribution in [2.24, 2.45) is 0 Å². The summed E-state index contributed by atoms with van der Waals surface area (Å²) in [5.74, 6) is 1.01. The molecule has 2 amide bonds. The summed E-state index contributed by atoms with van der Waals surface area (Å²) >= 11 is 0. The molecule has 1 fully saturated rings. The van der Waals surface area contributed by atoms with Crippen LogP contribution in [0.2, 0.25) is 0 Å². The average molecular weight is 413 g/mol. The number of benzene rings is 3. The second kappa shape index (κ2) is 8.46.